The molecule has 2 rings (SSSR count). The molecule has 0 amide bonds. The molecule has 0 bridgehead atoms. The van der Waals surface area contributed by atoms with Gasteiger partial charge in [-0.2, -0.15) is 0 Å². The lowest BCUT2D eigenvalue weighted by Crippen LogP contribution is -2.02. The second-order valence-electron chi connectivity index (χ2n) is 4.07. The van der Waals surface area contributed by atoms with Crippen LogP contribution in [0.3, 0.4) is 0 Å². The highest BCUT2D eigenvalue weighted by Gasteiger charge is 2.20. The summed E-state index contributed by atoms with van der Waals surface area (Å²) in [4.78, 5) is 1.02. The molecule has 0 aromatic carbocycles. The Bertz CT molecular complexity index is 291. The zero-order valence-corrected chi connectivity index (χ0v) is 9.65. The summed E-state index contributed by atoms with van der Waals surface area (Å²) in [5.41, 5.74) is 0. The van der Waals surface area contributed by atoms with Crippen LogP contribution in [0.1, 0.15) is 43.1 Å². The molecule has 1 atom stereocenters. The van der Waals surface area contributed by atoms with E-state index >= 15 is 0 Å². The van der Waals surface area contributed by atoms with Gasteiger partial charge in [0.05, 0.1) is 11.1 Å². The minimum atomic E-state index is -0.296. The van der Waals surface area contributed by atoms with Gasteiger partial charge in [-0.1, -0.05) is 37.3 Å². The van der Waals surface area contributed by atoms with E-state index in [1.165, 1.54) is 25.7 Å². The van der Waals surface area contributed by atoms with Gasteiger partial charge in [-0.05, 0) is 18.4 Å². The number of aliphatic hydroxyl groups excluding tert-OH is 1. The second-order valence-corrected chi connectivity index (χ2v) is 5.45. The van der Waals surface area contributed by atoms with E-state index in [9.17, 15) is 5.11 Å². The van der Waals surface area contributed by atoms with Gasteiger partial charge in [0.15, 0.2) is 0 Å². The van der Waals surface area contributed by atoms with Gasteiger partial charge >= 0.3 is 0 Å². The summed E-state index contributed by atoms with van der Waals surface area (Å²) in [5, 5.41) is 12.6. The molecule has 1 aromatic rings. The summed E-state index contributed by atoms with van der Waals surface area (Å²) < 4.78 is 0. The first-order valence-corrected chi connectivity index (χ1v) is 6.43. The maximum absolute atomic E-state index is 9.95. The molecule has 1 aliphatic carbocycles. The van der Waals surface area contributed by atoms with E-state index < -0.39 is 0 Å². The normalized spacial score (nSPS) is 20.1. The van der Waals surface area contributed by atoms with Crippen molar-refractivity contribution in [1.29, 1.82) is 0 Å². The summed E-state index contributed by atoms with van der Waals surface area (Å²) in [5.74, 6) is 0.728. The van der Waals surface area contributed by atoms with Crippen LogP contribution in [0.4, 0.5) is 0 Å². The van der Waals surface area contributed by atoms with Crippen LogP contribution in [0.2, 0.25) is 5.02 Å². The molecule has 1 nitrogen and oxygen atoms in total. The van der Waals surface area contributed by atoms with Crippen molar-refractivity contribution in [3.8, 4) is 0 Å². The smallest absolute Gasteiger partial charge is 0.0885 e. The highest BCUT2D eigenvalue weighted by atomic mass is 35.5. The van der Waals surface area contributed by atoms with Crippen molar-refractivity contribution in [2.24, 2.45) is 5.92 Å². The number of hydrogen-bond acceptors (Lipinski definition) is 2. The average Bonchev–Trinajstić information content (AvgIpc) is 2.75. The third-order valence-electron chi connectivity index (χ3n) is 2.95. The maximum atomic E-state index is 9.95. The molecular weight excluding hydrogens is 216 g/mol. The molecule has 14 heavy (non-hydrogen) atoms. The minimum Gasteiger partial charge on any atom is -0.388 e. The predicted molar refractivity (Wildman–Crippen MR) is 60.9 cm³/mol. The average molecular weight is 231 g/mol. The van der Waals surface area contributed by atoms with Crippen molar-refractivity contribution in [2.45, 2.75) is 38.2 Å². The Kier molecular flexibility index (Phi) is 3.47. The molecule has 0 saturated heterocycles. The molecule has 0 spiro atoms. The van der Waals surface area contributed by atoms with Gasteiger partial charge in [-0.15, -0.1) is 11.3 Å². The molecule has 1 heterocycles. The zero-order valence-electron chi connectivity index (χ0n) is 8.08. The Morgan fingerprint density at radius 3 is 2.79 bits per heavy atom. The lowest BCUT2D eigenvalue weighted by atomic mass is 9.99. The third kappa shape index (κ3) is 2.50. The topological polar surface area (TPSA) is 20.2 Å². The third-order valence-corrected chi connectivity index (χ3v) is 4.33. The molecule has 1 unspecified atom stereocenters. The molecular formula is C11H15ClOS. The van der Waals surface area contributed by atoms with E-state index in [0.29, 0.717) is 0 Å². The summed E-state index contributed by atoms with van der Waals surface area (Å²) in [7, 11) is 0. The highest BCUT2D eigenvalue weighted by molar-refractivity contribution is 7.10. The van der Waals surface area contributed by atoms with E-state index in [-0.39, 0.29) is 6.10 Å². The van der Waals surface area contributed by atoms with Crippen LogP contribution in [-0.4, -0.2) is 5.11 Å². The van der Waals surface area contributed by atoms with Crippen LogP contribution in [0.5, 0.6) is 0 Å². The molecule has 1 fully saturated rings. The fourth-order valence-corrected chi connectivity index (χ4v) is 3.26. The fraction of sp³-hybridized carbons (Fsp3) is 0.636. The molecule has 1 aliphatic rings. The van der Waals surface area contributed by atoms with Gasteiger partial charge in [-0.3, -0.25) is 0 Å². The lowest BCUT2D eigenvalue weighted by Gasteiger charge is -2.13. The van der Waals surface area contributed by atoms with E-state index in [1.807, 2.05) is 11.4 Å². The SMILES string of the molecule is OC(CC1CCCC1)c1cc(Cl)cs1. The first-order valence-electron chi connectivity index (χ1n) is 5.17. The van der Waals surface area contributed by atoms with Crippen LogP contribution in [-0.2, 0) is 0 Å². The van der Waals surface area contributed by atoms with Crippen molar-refractivity contribution in [3.05, 3.63) is 21.3 Å². The van der Waals surface area contributed by atoms with Gasteiger partial charge in [0.1, 0.15) is 0 Å². The molecule has 1 aromatic heterocycles. The van der Waals surface area contributed by atoms with Crippen LogP contribution >= 0.6 is 22.9 Å². The van der Waals surface area contributed by atoms with Crippen molar-refractivity contribution < 1.29 is 5.11 Å². The van der Waals surface area contributed by atoms with E-state index in [4.69, 9.17) is 11.6 Å². The Hall–Kier alpha value is -0.0500. The van der Waals surface area contributed by atoms with Crippen LogP contribution in [0.25, 0.3) is 0 Å². The van der Waals surface area contributed by atoms with Crippen LogP contribution < -0.4 is 0 Å². The van der Waals surface area contributed by atoms with Gasteiger partial charge in [0.25, 0.3) is 0 Å². The molecule has 78 valence electrons. The van der Waals surface area contributed by atoms with E-state index in [1.54, 1.807) is 11.3 Å². The van der Waals surface area contributed by atoms with Crippen molar-refractivity contribution in [2.75, 3.05) is 0 Å². The fourth-order valence-electron chi connectivity index (χ4n) is 2.18. The predicted octanol–water partition coefficient (Wildman–Crippen LogP) is 4.02. The number of hydrogen-bond donors (Lipinski definition) is 1. The number of rotatable bonds is 3. The lowest BCUT2D eigenvalue weighted by molar-refractivity contribution is 0.148. The minimum absolute atomic E-state index is 0.296. The summed E-state index contributed by atoms with van der Waals surface area (Å²) >= 11 is 7.38. The molecule has 1 saturated carbocycles. The number of aliphatic hydroxyl groups is 1. The Morgan fingerprint density at radius 2 is 2.21 bits per heavy atom. The van der Waals surface area contributed by atoms with Crippen molar-refractivity contribution >= 4 is 22.9 Å². The van der Waals surface area contributed by atoms with Crippen molar-refractivity contribution in [3.63, 3.8) is 0 Å². The summed E-state index contributed by atoms with van der Waals surface area (Å²) in [6.45, 7) is 0. The van der Waals surface area contributed by atoms with Gasteiger partial charge in [-0.25, -0.2) is 0 Å². The summed E-state index contributed by atoms with van der Waals surface area (Å²) in [6.07, 6.45) is 5.87. The molecule has 0 aliphatic heterocycles. The van der Waals surface area contributed by atoms with Crippen LogP contribution in [0.15, 0.2) is 11.4 Å². The van der Waals surface area contributed by atoms with E-state index in [2.05, 4.69) is 0 Å². The maximum Gasteiger partial charge on any atom is 0.0885 e. The standard InChI is InChI=1S/C11H15ClOS/c12-9-6-11(14-7-9)10(13)5-8-3-1-2-4-8/h6-8,10,13H,1-5H2. The van der Waals surface area contributed by atoms with Gasteiger partial charge in [0.2, 0.25) is 0 Å². The number of halogens is 1. The molecule has 0 radical (unpaired) electrons. The van der Waals surface area contributed by atoms with Crippen LogP contribution in [0, 0.1) is 5.92 Å². The Labute approximate surface area is 93.7 Å². The first-order chi connectivity index (χ1) is 6.75. The molecule has 3 heteroatoms. The quantitative estimate of drug-likeness (QED) is 0.832. The van der Waals surface area contributed by atoms with Gasteiger partial charge < -0.3 is 5.11 Å². The second kappa shape index (κ2) is 4.65. The van der Waals surface area contributed by atoms with E-state index in [0.717, 1.165) is 22.2 Å². The Morgan fingerprint density at radius 1 is 1.50 bits per heavy atom. The first kappa shape index (κ1) is 10.5. The summed E-state index contributed by atoms with van der Waals surface area (Å²) in [6, 6.07) is 1.88. The van der Waals surface area contributed by atoms with Crippen molar-refractivity contribution in [1.82, 2.24) is 0 Å². The largest absolute Gasteiger partial charge is 0.388 e. The Balaban J connectivity index is 1.91. The number of thiophene rings is 1. The van der Waals surface area contributed by atoms with Gasteiger partial charge in [0, 0.05) is 10.3 Å². The zero-order chi connectivity index (χ0) is 9.97. The monoisotopic (exact) mass is 230 g/mol. The molecule has 1 N–H and O–H groups in total. The highest BCUT2D eigenvalue weighted by Crippen LogP contribution is 2.35.